The molecule has 0 aromatic heterocycles. The zero-order chi connectivity index (χ0) is 29.5. The van der Waals surface area contributed by atoms with Gasteiger partial charge in [0.05, 0.1) is 0 Å². The summed E-state index contributed by atoms with van der Waals surface area (Å²) >= 11 is 0. The minimum absolute atomic E-state index is 0.888. The summed E-state index contributed by atoms with van der Waals surface area (Å²) < 4.78 is 0. The van der Waals surface area contributed by atoms with Gasteiger partial charge < -0.3 is 0 Å². The van der Waals surface area contributed by atoms with Crippen molar-refractivity contribution in [3.05, 3.63) is 169 Å². The first-order valence-electron chi connectivity index (χ1n) is 15.8. The highest BCUT2D eigenvalue weighted by molar-refractivity contribution is 6.27. The fourth-order valence-corrected chi connectivity index (χ4v) is 7.98. The molecule has 0 aliphatic carbocycles. The summed E-state index contributed by atoms with van der Waals surface area (Å²) in [6, 6.07) is 58.7. The molecule has 208 valence electrons. The van der Waals surface area contributed by atoms with Gasteiger partial charge in [-0.15, -0.1) is 0 Å². The van der Waals surface area contributed by atoms with Crippen LogP contribution in [0.1, 0.15) is 11.1 Å². The van der Waals surface area contributed by atoms with Crippen molar-refractivity contribution in [2.24, 2.45) is 0 Å². The lowest BCUT2D eigenvalue weighted by molar-refractivity contribution is 1.24. The summed E-state index contributed by atoms with van der Waals surface area (Å²) in [5.41, 5.74) is 7.87. The second-order valence-electron chi connectivity index (χ2n) is 12.4. The first-order valence-corrected chi connectivity index (χ1v) is 15.8. The summed E-state index contributed by atoms with van der Waals surface area (Å²) in [6.07, 6.45) is 0.888. The second kappa shape index (κ2) is 9.39. The van der Waals surface area contributed by atoms with Crippen LogP contribution >= 0.6 is 0 Å². The minimum atomic E-state index is 0.888. The van der Waals surface area contributed by atoms with Crippen LogP contribution in [0.25, 0.3) is 86.9 Å². The van der Waals surface area contributed by atoms with Gasteiger partial charge in [0.2, 0.25) is 0 Å². The molecular weight excluding hydrogens is 540 g/mol. The molecule has 0 fully saturated rings. The second-order valence-corrected chi connectivity index (χ2v) is 12.4. The average molecular weight is 569 g/mol. The van der Waals surface area contributed by atoms with Crippen LogP contribution in [0.4, 0.5) is 0 Å². The molecule has 0 heteroatoms. The van der Waals surface area contributed by atoms with Gasteiger partial charge in [-0.2, -0.15) is 0 Å². The van der Waals surface area contributed by atoms with Crippen LogP contribution in [0, 0.1) is 0 Å². The molecule has 45 heavy (non-hydrogen) atoms. The molecule has 0 aliphatic heterocycles. The van der Waals surface area contributed by atoms with Crippen molar-refractivity contribution < 1.29 is 0 Å². The first-order chi connectivity index (χ1) is 22.3. The van der Waals surface area contributed by atoms with Gasteiger partial charge in [0.1, 0.15) is 0 Å². The third-order valence-electron chi connectivity index (χ3n) is 10.1. The lowest BCUT2D eigenvalue weighted by Gasteiger charge is -2.18. The van der Waals surface area contributed by atoms with E-state index in [1.165, 1.54) is 98.0 Å². The monoisotopic (exact) mass is 568 g/mol. The van der Waals surface area contributed by atoms with E-state index in [2.05, 4.69) is 158 Å². The summed E-state index contributed by atoms with van der Waals surface area (Å²) in [5, 5.41) is 16.1. The SMILES string of the molecule is c1ccc(-c2ccc3ccc4c(Cc5ccc6ccc7c(-c8ccccc8)ccc8ccc5c6c87)ccc5ccc2c3c54)cc1. The smallest absolute Gasteiger partial charge is 0.00134 e. The van der Waals surface area contributed by atoms with Crippen LogP contribution in [-0.4, -0.2) is 0 Å². The Labute approximate surface area is 261 Å². The number of benzene rings is 10. The Morgan fingerprint density at radius 2 is 0.600 bits per heavy atom. The lowest BCUT2D eigenvalue weighted by Crippen LogP contribution is -1.95. The topological polar surface area (TPSA) is 0 Å². The maximum Gasteiger partial charge on any atom is -0.00134 e. The van der Waals surface area contributed by atoms with Crippen molar-refractivity contribution in [2.75, 3.05) is 0 Å². The molecule has 0 aliphatic rings. The molecule has 0 radical (unpaired) electrons. The van der Waals surface area contributed by atoms with Gasteiger partial charge in [0.25, 0.3) is 0 Å². The standard InChI is InChI=1S/C45H28/c1-3-7-28(8-4-1)36-21-15-32-17-23-38-34(13-11-30-19-25-40(36)44(32)42(30)38)27-35-14-12-31-20-26-41-37(29-9-5-2-6-10-29)22-16-33-18-24-39(35)43(31)45(33)41/h1-26H,27H2. The quantitative estimate of drug-likeness (QED) is 0.185. The Morgan fingerprint density at radius 1 is 0.267 bits per heavy atom. The Morgan fingerprint density at radius 3 is 1.02 bits per heavy atom. The third kappa shape index (κ3) is 3.60. The zero-order valence-corrected chi connectivity index (χ0v) is 24.7. The molecule has 0 amide bonds. The molecule has 10 rings (SSSR count). The van der Waals surface area contributed by atoms with Crippen molar-refractivity contribution in [1.29, 1.82) is 0 Å². The van der Waals surface area contributed by atoms with Gasteiger partial charge in [-0.3, -0.25) is 0 Å². The molecule has 10 aromatic rings. The zero-order valence-electron chi connectivity index (χ0n) is 24.7. The summed E-state index contributed by atoms with van der Waals surface area (Å²) in [5.74, 6) is 0. The Balaban J connectivity index is 1.18. The molecule has 0 atom stereocenters. The van der Waals surface area contributed by atoms with Crippen LogP contribution in [0.15, 0.2) is 158 Å². The van der Waals surface area contributed by atoms with E-state index < -0.39 is 0 Å². The highest BCUT2D eigenvalue weighted by Gasteiger charge is 2.17. The molecule has 0 unspecified atom stereocenters. The number of rotatable bonds is 4. The van der Waals surface area contributed by atoms with Gasteiger partial charge >= 0.3 is 0 Å². The largest absolute Gasteiger partial charge is 0.0622 e. The molecule has 0 saturated carbocycles. The third-order valence-corrected chi connectivity index (χ3v) is 10.1. The van der Waals surface area contributed by atoms with Gasteiger partial charge in [-0.1, -0.05) is 158 Å². The van der Waals surface area contributed by atoms with E-state index >= 15 is 0 Å². The van der Waals surface area contributed by atoms with E-state index in [-0.39, 0.29) is 0 Å². The van der Waals surface area contributed by atoms with Gasteiger partial charge in [-0.25, -0.2) is 0 Å². The summed E-state index contributed by atoms with van der Waals surface area (Å²) in [7, 11) is 0. The van der Waals surface area contributed by atoms with Crippen molar-refractivity contribution in [3.8, 4) is 22.3 Å². The number of hydrogen-bond donors (Lipinski definition) is 0. The molecule has 0 bridgehead atoms. The van der Waals surface area contributed by atoms with E-state index in [9.17, 15) is 0 Å². The molecular formula is C45H28. The van der Waals surface area contributed by atoms with Crippen molar-refractivity contribution >= 4 is 64.6 Å². The van der Waals surface area contributed by atoms with E-state index in [0.717, 1.165) is 6.42 Å². The van der Waals surface area contributed by atoms with Crippen molar-refractivity contribution in [2.45, 2.75) is 6.42 Å². The van der Waals surface area contributed by atoms with Crippen LogP contribution in [-0.2, 0) is 6.42 Å². The van der Waals surface area contributed by atoms with E-state index in [1.54, 1.807) is 0 Å². The lowest BCUT2D eigenvalue weighted by atomic mass is 9.85. The highest BCUT2D eigenvalue weighted by atomic mass is 14.2. The fourth-order valence-electron chi connectivity index (χ4n) is 7.98. The Bertz CT molecular complexity index is 2510. The van der Waals surface area contributed by atoms with Crippen molar-refractivity contribution in [1.82, 2.24) is 0 Å². The normalized spacial score (nSPS) is 12.1. The van der Waals surface area contributed by atoms with Crippen LogP contribution < -0.4 is 0 Å². The Kier molecular flexibility index (Phi) is 5.15. The summed E-state index contributed by atoms with van der Waals surface area (Å²) in [6.45, 7) is 0. The highest BCUT2D eigenvalue weighted by Crippen LogP contribution is 2.43. The molecule has 0 nitrogen and oxygen atoms in total. The fraction of sp³-hybridized carbons (Fsp3) is 0.0222. The maximum atomic E-state index is 2.35. The first kappa shape index (κ1) is 24.7. The molecule has 10 aromatic carbocycles. The van der Waals surface area contributed by atoms with Crippen LogP contribution in [0.5, 0.6) is 0 Å². The minimum Gasteiger partial charge on any atom is -0.0622 e. The van der Waals surface area contributed by atoms with Gasteiger partial charge in [-0.05, 0) is 104 Å². The molecule has 0 saturated heterocycles. The summed E-state index contributed by atoms with van der Waals surface area (Å²) in [4.78, 5) is 0. The van der Waals surface area contributed by atoms with E-state index in [0.29, 0.717) is 0 Å². The number of hydrogen-bond acceptors (Lipinski definition) is 0. The molecule has 0 heterocycles. The van der Waals surface area contributed by atoms with Crippen LogP contribution in [0.2, 0.25) is 0 Å². The maximum absolute atomic E-state index is 2.35. The molecule has 0 spiro atoms. The van der Waals surface area contributed by atoms with E-state index in [1.807, 2.05) is 0 Å². The van der Waals surface area contributed by atoms with Crippen LogP contribution in [0.3, 0.4) is 0 Å². The van der Waals surface area contributed by atoms with Gasteiger partial charge in [0, 0.05) is 0 Å². The van der Waals surface area contributed by atoms with Crippen molar-refractivity contribution in [3.63, 3.8) is 0 Å². The average Bonchev–Trinajstić information content (AvgIpc) is 3.11. The predicted molar refractivity (Wildman–Crippen MR) is 194 cm³/mol. The Hall–Kier alpha value is -5.72. The molecule has 0 N–H and O–H groups in total. The predicted octanol–water partition coefficient (Wildman–Crippen LogP) is 12.4. The van der Waals surface area contributed by atoms with Gasteiger partial charge in [0.15, 0.2) is 0 Å². The van der Waals surface area contributed by atoms with E-state index in [4.69, 9.17) is 0 Å².